The highest BCUT2D eigenvalue weighted by atomic mass is 79.9. The number of benzene rings is 1. The van der Waals surface area contributed by atoms with Crippen LogP contribution in [0.3, 0.4) is 0 Å². The largest absolute Gasteiger partial charge is 0.317 e. The Morgan fingerprint density at radius 2 is 2.11 bits per heavy atom. The number of piperidine rings is 1. The molecular formula is C14H15BrFN3. The molecule has 1 aliphatic heterocycles. The highest BCUT2D eigenvalue weighted by Crippen LogP contribution is 2.28. The summed E-state index contributed by atoms with van der Waals surface area (Å²) in [5.74, 6) is 0.278. The Balaban J connectivity index is 1.96. The zero-order valence-corrected chi connectivity index (χ0v) is 12.0. The van der Waals surface area contributed by atoms with Crippen LogP contribution in [0.4, 0.5) is 4.39 Å². The number of imidazole rings is 1. The van der Waals surface area contributed by atoms with Crippen LogP contribution >= 0.6 is 15.9 Å². The number of hydrogen-bond donors (Lipinski definition) is 1. The van der Waals surface area contributed by atoms with E-state index in [1.165, 1.54) is 11.8 Å². The molecule has 100 valence electrons. The van der Waals surface area contributed by atoms with Gasteiger partial charge in [0.15, 0.2) is 0 Å². The average Bonchev–Trinajstić information content (AvgIpc) is 2.92. The minimum atomic E-state index is -0.243. The molecule has 3 rings (SSSR count). The number of nitrogens with one attached hydrogen (secondary N) is 1. The minimum absolute atomic E-state index is 0.243. The van der Waals surface area contributed by atoms with E-state index in [1.54, 1.807) is 18.5 Å². The van der Waals surface area contributed by atoms with Crippen molar-refractivity contribution in [3.63, 3.8) is 0 Å². The van der Waals surface area contributed by atoms with Crippen molar-refractivity contribution in [1.82, 2.24) is 14.9 Å². The summed E-state index contributed by atoms with van der Waals surface area (Å²) >= 11 is 3.23. The maximum atomic E-state index is 13.3. The molecule has 0 saturated carbocycles. The van der Waals surface area contributed by atoms with Gasteiger partial charge in [-0.1, -0.05) is 0 Å². The summed E-state index contributed by atoms with van der Waals surface area (Å²) in [7, 11) is 0. The second-order valence-electron chi connectivity index (χ2n) is 4.81. The molecule has 1 aromatic carbocycles. The zero-order valence-electron chi connectivity index (χ0n) is 10.4. The molecule has 2 aromatic rings. The van der Waals surface area contributed by atoms with Gasteiger partial charge in [0.2, 0.25) is 0 Å². The Bertz CT molecular complexity index is 576. The molecule has 3 nitrogen and oxygen atoms in total. The Labute approximate surface area is 120 Å². The first-order valence-corrected chi connectivity index (χ1v) is 7.23. The molecule has 1 N–H and O–H groups in total. The molecule has 0 aliphatic carbocycles. The quantitative estimate of drug-likeness (QED) is 0.919. The Hall–Kier alpha value is -1.20. The SMILES string of the molecule is Fc1ccc(-n2cncc2C2CCNCC2)cc1Br. The molecule has 1 saturated heterocycles. The lowest BCUT2D eigenvalue weighted by Crippen LogP contribution is -2.27. The van der Waals surface area contributed by atoms with Crippen LogP contribution in [0.15, 0.2) is 35.2 Å². The molecule has 2 heterocycles. The van der Waals surface area contributed by atoms with Crippen LogP contribution in [-0.4, -0.2) is 22.6 Å². The van der Waals surface area contributed by atoms with Crippen LogP contribution in [0.25, 0.3) is 5.69 Å². The third-order valence-corrected chi connectivity index (χ3v) is 4.21. The molecule has 0 atom stereocenters. The van der Waals surface area contributed by atoms with Gasteiger partial charge in [-0.05, 0) is 60.1 Å². The summed E-state index contributed by atoms with van der Waals surface area (Å²) in [5.41, 5.74) is 2.15. The van der Waals surface area contributed by atoms with E-state index in [4.69, 9.17) is 0 Å². The van der Waals surface area contributed by atoms with Crippen LogP contribution in [0, 0.1) is 5.82 Å². The molecule has 1 fully saturated rings. The molecule has 0 unspecified atom stereocenters. The smallest absolute Gasteiger partial charge is 0.137 e. The summed E-state index contributed by atoms with van der Waals surface area (Å²) in [6, 6.07) is 5.06. The van der Waals surface area contributed by atoms with Crippen molar-refractivity contribution < 1.29 is 4.39 Å². The number of hydrogen-bond acceptors (Lipinski definition) is 2. The fourth-order valence-electron chi connectivity index (χ4n) is 2.58. The third-order valence-electron chi connectivity index (χ3n) is 3.61. The lowest BCUT2D eigenvalue weighted by Gasteiger charge is -2.23. The molecule has 0 spiro atoms. The van der Waals surface area contributed by atoms with Gasteiger partial charge in [0.25, 0.3) is 0 Å². The van der Waals surface area contributed by atoms with E-state index in [-0.39, 0.29) is 5.82 Å². The standard InChI is InChI=1S/C14H15BrFN3/c15-12-7-11(1-2-13(12)16)19-9-18-8-14(19)10-3-5-17-6-4-10/h1-2,7-10,17H,3-6H2. The van der Waals surface area contributed by atoms with Crippen LogP contribution in [0.1, 0.15) is 24.5 Å². The van der Waals surface area contributed by atoms with Crippen molar-refractivity contribution >= 4 is 15.9 Å². The molecule has 19 heavy (non-hydrogen) atoms. The Morgan fingerprint density at radius 1 is 1.32 bits per heavy atom. The highest BCUT2D eigenvalue weighted by molar-refractivity contribution is 9.10. The van der Waals surface area contributed by atoms with Gasteiger partial charge < -0.3 is 9.88 Å². The van der Waals surface area contributed by atoms with Gasteiger partial charge in [-0.2, -0.15) is 0 Å². The number of aromatic nitrogens is 2. The predicted octanol–water partition coefficient (Wildman–Crippen LogP) is 3.24. The van der Waals surface area contributed by atoms with Crippen molar-refractivity contribution in [2.24, 2.45) is 0 Å². The van der Waals surface area contributed by atoms with Crippen molar-refractivity contribution in [2.75, 3.05) is 13.1 Å². The van der Waals surface area contributed by atoms with Gasteiger partial charge >= 0.3 is 0 Å². The second kappa shape index (κ2) is 5.43. The Morgan fingerprint density at radius 3 is 2.84 bits per heavy atom. The average molecular weight is 324 g/mol. The molecule has 1 aliphatic rings. The molecule has 1 aromatic heterocycles. The van der Waals surface area contributed by atoms with Crippen LogP contribution in [0.5, 0.6) is 0 Å². The summed E-state index contributed by atoms with van der Waals surface area (Å²) in [6.07, 6.45) is 5.96. The molecule has 5 heteroatoms. The van der Waals surface area contributed by atoms with Crippen molar-refractivity contribution in [3.8, 4) is 5.69 Å². The van der Waals surface area contributed by atoms with Crippen molar-refractivity contribution in [1.29, 1.82) is 0 Å². The first-order chi connectivity index (χ1) is 9.25. The monoisotopic (exact) mass is 323 g/mol. The topological polar surface area (TPSA) is 29.9 Å². The summed E-state index contributed by atoms with van der Waals surface area (Å²) in [5, 5.41) is 3.37. The summed E-state index contributed by atoms with van der Waals surface area (Å²) in [4.78, 5) is 4.26. The van der Waals surface area contributed by atoms with Crippen LogP contribution in [0.2, 0.25) is 0 Å². The lowest BCUT2D eigenvalue weighted by molar-refractivity contribution is 0.449. The van der Waals surface area contributed by atoms with Crippen LogP contribution in [-0.2, 0) is 0 Å². The fraction of sp³-hybridized carbons (Fsp3) is 0.357. The van der Waals surface area contributed by atoms with Crippen molar-refractivity contribution in [3.05, 3.63) is 46.7 Å². The number of rotatable bonds is 2. The van der Waals surface area contributed by atoms with Gasteiger partial charge in [-0.25, -0.2) is 9.37 Å². The molecule has 0 amide bonds. The molecule has 0 bridgehead atoms. The maximum Gasteiger partial charge on any atom is 0.137 e. The lowest BCUT2D eigenvalue weighted by atomic mass is 9.95. The fourth-order valence-corrected chi connectivity index (χ4v) is 2.94. The van der Waals surface area contributed by atoms with E-state index < -0.39 is 0 Å². The molecular weight excluding hydrogens is 309 g/mol. The zero-order chi connectivity index (χ0) is 13.2. The van der Waals surface area contributed by atoms with E-state index in [0.29, 0.717) is 10.4 Å². The van der Waals surface area contributed by atoms with E-state index in [2.05, 4.69) is 30.8 Å². The van der Waals surface area contributed by atoms with Gasteiger partial charge in [0, 0.05) is 23.5 Å². The number of halogens is 2. The van der Waals surface area contributed by atoms with E-state index in [9.17, 15) is 4.39 Å². The Kier molecular flexibility index (Phi) is 3.66. The predicted molar refractivity (Wildman–Crippen MR) is 76.1 cm³/mol. The first-order valence-electron chi connectivity index (χ1n) is 6.44. The summed E-state index contributed by atoms with van der Waals surface area (Å²) < 4.78 is 15.9. The van der Waals surface area contributed by atoms with Crippen molar-refractivity contribution in [2.45, 2.75) is 18.8 Å². The second-order valence-corrected chi connectivity index (χ2v) is 5.67. The number of nitrogens with zero attached hydrogens (tertiary/aromatic N) is 2. The minimum Gasteiger partial charge on any atom is -0.317 e. The first kappa shape index (κ1) is 12.8. The normalized spacial score (nSPS) is 16.7. The van der Waals surface area contributed by atoms with E-state index >= 15 is 0 Å². The van der Waals surface area contributed by atoms with Gasteiger partial charge in [0.05, 0.1) is 10.8 Å². The summed E-state index contributed by atoms with van der Waals surface area (Å²) in [6.45, 7) is 2.09. The van der Waals surface area contributed by atoms with E-state index in [0.717, 1.165) is 31.6 Å². The molecule has 0 radical (unpaired) electrons. The van der Waals surface area contributed by atoms with E-state index in [1.807, 2.05) is 6.20 Å². The van der Waals surface area contributed by atoms with Gasteiger partial charge in [-0.15, -0.1) is 0 Å². The third kappa shape index (κ3) is 2.58. The van der Waals surface area contributed by atoms with Gasteiger partial charge in [-0.3, -0.25) is 0 Å². The highest BCUT2D eigenvalue weighted by Gasteiger charge is 2.19. The maximum absolute atomic E-state index is 13.3. The van der Waals surface area contributed by atoms with Gasteiger partial charge in [0.1, 0.15) is 5.82 Å². The van der Waals surface area contributed by atoms with Crippen LogP contribution < -0.4 is 5.32 Å².